The molecule has 19 heavy (non-hydrogen) atoms. The first-order valence-electron chi connectivity index (χ1n) is 5.31. The zero-order chi connectivity index (χ0) is 13.8. The van der Waals surface area contributed by atoms with Crippen LogP contribution in [0.25, 0.3) is 0 Å². The molecule has 0 unspecified atom stereocenters. The van der Waals surface area contributed by atoms with Crippen molar-refractivity contribution in [2.75, 3.05) is 0 Å². The third kappa shape index (κ3) is 3.43. The Bertz CT molecular complexity index is 540. The van der Waals surface area contributed by atoms with Crippen LogP contribution in [0.15, 0.2) is 42.5 Å². The molecule has 0 bridgehead atoms. The van der Waals surface area contributed by atoms with Crippen LogP contribution in [0.4, 0.5) is 8.78 Å². The molecule has 0 heterocycles. The maximum atomic E-state index is 13.3. The van der Waals surface area contributed by atoms with Gasteiger partial charge >= 0.3 is 7.32 Å². The van der Waals surface area contributed by atoms with Gasteiger partial charge in [0.2, 0.25) is 0 Å². The summed E-state index contributed by atoms with van der Waals surface area (Å²) < 4.78 is 36.3. The molecule has 2 aromatic rings. The van der Waals surface area contributed by atoms with Crippen LogP contribution in [-0.4, -0.2) is 17.4 Å². The molecule has 2 aromatic carbocycles. The number of ether oxygens (including phenoxy) is 1. The lowest BCUT2D eigenvalue weighted by molar-refractivity contribution is 0.288. The van der Waals surface area contributed by atoms with Crippen molar-refractivity contribution in [2.24, 2.45) is 0 Å². The summed E-state index contributed by atoms with van der Waals surface area (Å²) in [6.45, 7) is 0. The van der Waals surface area contributed by atoms with Gasteiger partial charge in [-0.05, 0) is 36.4 Å². The SMILES string of the molecule is OB(O)Oc1ccc(Oc2c(F)cccc2F)cc1. The number of hydrogen-bond donors (Lipinski definition) is 2. The van der Waals surface area contributed by atoms with Crippen LogP contribution < -0.4 is 9.39 Å². The maximum Gasteiger partial charge on any atom is 0.707 e. The minimum absolute atomic E-state index is 0.177. The summed E-state index contributed by atoms with van der Waals surface area (Å²) in [5.41, 5.74) is 0. The number of hydrogen-bond acceptors (Lipinski definition) is 4. The fourth-order valence-electron chi connectivity index (χ4n) is 1.41. The van der Waals surface area contributed by atoms with Gasteiger partial charge in [0.05, 0.1) is 0 Å². The second-order valence-corrected chi connectivity index (χ2v) is 3.57. The topological polar surface area (TPSA) is 58.9 Å². The van der Waals surface area contributed by atoms with Gasteiger partial charge in [0.25, 0.3) is 0 Å². The average molecular weight is 266 g/mol. The summed E-state index contributed by atoms with van der Waals surface area (Å²) in [5, 5.41) is 17.2. The van der Waals surface area contributed by atoms with Gasteiger partial charge in [-0.15, -0.1) is 0 Å². The lowest BCUT2D eigenvalue weighted by atomic mass is 10.2. The predicted molar refractivity (Wildman–Crippen MR) is 63.7 cm³/mol. The molecule has 98 valence electrons. The third-order valence-corrected chi connectivity index (χ3v) is 2.20. The summed E-state index contributed by atoms with van der Waals surface area (Å²) in [7, 11) is -1.93. The van der Waals surface area contributed by atoms with Crippen LogP contribution in [0.3, 0.4) is 0 Å². The average Bonchev–Trinajstić information content (AvgIpc) is 2.35. The Hall–Kier alpha value is -2.12. The lowest BCUT2D eigenvalue weighted by Crippen LogP contribution is -2.20. The highest BCUT2D eigenvalue weighted by molar-refractivity contribution is 6.33. The van der Waals surface area contributed by atoms with Gasteiger partial charge in [0, 0.05) is 0 Å². The van der Waals surface area contributed by atoms with Crippen LogP contribution in [0.2, 0.25) is 0 Å². The molecule has 0 radical (unpaired) electrons. The molecular formula is C12H9BF2O4. The van der Waals surface area contributed by atoms with Crippen molar-refractivity contribution < 1.29 is 28.2 Å². The van der Waals surface area contributed by atoms with E-state index in [9.17, 15) is 8.78 Å². The monoisotopic (exact) mass is 266 g/mol. The van der Waals surface area contributed by atoms with Crippen molar-refractivity contribution in [3.63, 3.8) is 0 Å². The molecule has 0 aliphatic rings. The zero-order valence-electron chi connectivity index (χ0n) is 9.59. The number of halogens is 2. The number of benzene rings is 2. The highest BCUT2D eigenvalue weighted by atomic mass is 19.1. The minimum Gasteiger partial charge on any atom is -0.512 e. The van der Waals surface area contributed by atoms with Gasteiger partial charge in [-0.3, -0.25) is 0 Å². The summed E-state index contributed by atoms with van der Waals surface area (Å²) >= 11 is 0. The molecule has 0 saturated carbocycles. The molecule has 0 fully saturated rings. The highest BCUT2D eigenvalue weighted by Crippen LogP contribution is 2.28. The summed E-state index contributed by atoms with van der Waals surface area (Å²) in [6, 6.07) is 8.89. The van der Waals surface area contributed by atoms with Crippen molar-refractivity contribution in [3.8, 4) is 17.2 Å². The van der Waals surface area contributed by atoms with E-state index in [1.807, 2.05) is 0 Å². The normalized spacial score (nSPS) is 10.1. The molecule has 0 aromatic heterocycles. The van der Waals surface area contributed by atoms with Gasteiger partial charge in [-0.2, -0.15) is 0 Å². The Morgan fingerprint density at radius 1 is 0.842 bits per heavy atom. The van der Waals surface area contributed by atoms with E-state index in [2.05, 4.69) is 4.65 Å². The van der Waals surface area contributed by atoms with E-state index in [4.69, 9.17) is 14.8 Å². The van der Waals surface area contributed by atoms with E-state index in [0.29, 0.717) is 0 Å². The summed E-state index contributed by atoms with van der Waals surface area (Å²) in [5.74, 6) is -1.77. The molecule has 2 rings (SSSR count). The molecule has 0 saturated heterocycles. The first-order chi connectivity index (χ1) is 9.06. The van der Waals surface area contributed by atoms with Crippen molar-refractivity contribution in [2.45, 2.75) is 0 Å². The van der Waals surface area contributed by atoms with E-state index in [-0.39, 0.29) is 11.5 Å². The molecule has 0 amide bonds. The Kier molecular flexibility index (Phi) is 3.98. The van der Waals surface area contributed by atoms with Crippen LogP contribution >= 0.6 is 0 Å². The quantitative estimate of drug-likeness (QED) is 0.832. The van der Waals surface area contributed by atoms with Crippen molar-refractivity contribution in [1.29, 1.82) is 0 Å². The zero-order valence-corrected chi connectivity index (χ0v) is 9.59. The second-order valence-electron chi connectivity index (χ2n) is 3.57. The van der Waals surface area contributed by atoms with Crippen LogP contribution in [0.5, 0.6) is 17.2 Å². The first kappa shape index (κ1) is 13.3. The fraction of sp³-hybridized carbons (Fsp3) is 0. The molecule has 0 spiro atoms. The molecule has 4 nitrogen and oxygen atoms in total. The third-order valence-electron chi connectivity index (χ3n) is 2.20. The van der Waals surface area contributed by atoms with Gasteiger partial charge in [-0.1, -0.05) is 6.07 Å². The fourth-order valence-corrected chi connectivity index (χ4v) is 1.41. The van der Waals surface area contributed by atoms with Crippen LogP contribution in [0, 0.1) is 11.6 Å². The predicted octanol–water partition coefficient (Wildman–Crippen LogP) is 2.11. The Morgan fingerprint density at radius 2 is 1.37 bits per heavy atom. The maximum absolute atomic E-state index is 13.3. The Labute approximate surface area is 108 Å². The molecule has 0 aliphatic heterocycles. The Morgan fingerprint density at radius 3 is 1.89 bits per heavy atom. The summed E-state index contributed by atoms with van der Waals surface area (Å²) in [4.78, 5) is 0. The minimum atomic E-state index is -1.93. The van der Waals surface area contributed by atoms with E-state index >= 15 is 0 Å². The van der Waals surface area contributed by atoms with Gasteiger partial charge < -0.3 is 19.4 Å². The van der Waals surface area contributed by atoms with Crippen molar-refractivity contribution >= 4 is 7.32 Å². The lowest BCUT2D eigenvalue weighted by Gasteiger charge is -2.09. The first-order valence-corrected chi connectivity index (χ1v) is 5.31. The molecule has 0 atom stereocenters. The Balaban J connectivity index is 2.15. The molecule has 0 aliphatic carbocycles. The van der Waals surface area contributed by atoms with E-state index in [0.717, 1.165) is 12.1 Å². The van der Waals surface area contributed by atoms with Gasteiger partial charge in [0.15, 0.2) is 17.4 Å². The molecule has 2 N–H and O–H groups in total. The number of para-hydroxylation sites is 1. The van der Waals surface area contributed by atoms with Gasteiger partial charge in [-0.25, -0.2) is 8.78 Å². The van der Waals surface area contributed by atoms with Gasteiger partial charge in [0.1, 0.15) is 11.5 Å². The highest BCUT2D eigenvalue weighted by Gasteiger charge is 2.13. The van der Waals surface area contributed by atoms with Crippen molar-refractivity contribution in [3.05, 3.63) is 54.1 Å². The summed E-state index contributed by atoms with van der Waals surface area (Å²) in [6.07, 6.45) is 0. The number of rotatable bonds is 4. The van der Waals surface area contributed by atoms with Crippen LogP contribution in [-0.2, 0) is 0 Å². The largest absolute Gasteiger partial charge is 0.707 e. The molecule has 7 heteroatoms. The van der Waals surface area contributed by atoms with E-state index in [1.165, 1.54) is 30.3 Å². The standard InChI is InChI=1S/C12H9BF2O4/c14-10-2-1-3-11(15)12(10)18-8-4-6-9(7-5-8)19-13(16)17/h1-7,16-17H. The van der Waals surface area contributed by atoms with Crippen molar-refractivity contribution in [1.82, 2.24) is 0 Å². The molecular weight excluding hydrogens is 257 g/mol. The smallest absolute Gasteiger partial charge is 0.512 e. The second kappa shape index (κ2) is 5.68. The van der Waals surface area contributed by atoms with E-state index < -0.39 is 24.7 Å². The van der Waals surface area contributed by atoms with Crippen LogP contribution in [0.1, 0.15) is 0 Å². The van der Waals surface area contributed by atoms with E-state index in [1.54, 1.807) is 0 Å².